The van der Waals surface area contributed by atoms with Crippen LogP contribution in [0.5, 0.6) is 0 Å². The minimum absolute atomic E-state index is 0.0820. The third-order valence-electron chi connectivity index (χ3n) is 4.58. The fraction of sp³-hybridized carbons (Fsp3) is 0.381. The Morgan fingerprint density at radius 2 is 1.75 bits per heavy atom. The number of ether oxygens (including phenoxy) is 2. The van der Waals surface area contributed by atoms with Crippen molar-refractivity contribution in [1.82, 2.24) is 4.31 Å². The molecule has 0 saturated carbocycles. The number of hydrogen-bond donors (Lipinski definition) is 0. The molecule has 1 aliphatic rings. The van der Waals surface area contributed by atoms with E-state index in [1.807, 2.05) is 45.0 Å². The van der Waals surface area contributed by atoms with E-state index in [-0.39, 0.29) is 42.4 Å². The van der Waals surface area contributed by atoms with Crippen molar-refractivity contribution in [3.63, 3.8) is 0 Å². The molecule has 0 spiro atoms. The van der Waals surface area contributed by atoms with E-state index in [0.29, 0.717) is 0 Å². The average Bonchev–Trinajstić information content (AvgIpc) is 2.66. The summed E-state index contributed by atoms with van der Waals surface area (Å²) in [6.45, 7) is 6.38. The molecule has 150 valence electrons. The maximum absolute atomic E-state index is 13.0. The second kappa shape index (κ2) is 8.43. The van der Waals surface area contributed by atoms with Crippen LogP contribution in [0.4, 0.5) is 0 Å². The molecule has 0 amide bonds. The predicted molar refractivity (Wildman–Crippen MR) is 106 cm³/mol. The molecule has 0 bridgehead atoms. The van der Waals surface area contributed by atoms with Gasteiger partial charge in [-0.05, 0) is 44.5 Å². The molecule has 1 aliphatic heterocycles. The molecule has 2 aromatic rings. The smallest absolute Gasteiger partial charge is 0.338 e. The number of carbonyl (C=O) groups is 1. The van der Waals surface area contributed by atoms with Crippen LogP contribution in [0.2, 0.25) is 0 Å². The monoisotopic (exact) mass is 403 g/mol. The number of benzene rings is 2. The largest absolute Gasteiger partial charge is 0.457 e. The molecule has 2 atom stereocenters. The lowest BCUT2D eigenvalue weighted by molar-refractivity contribution is -0.0440. The molecule has 0 radical (unpaired) electrons. The normalized spacial score (nSPS) is 20.7. The van der Waals surface area contributed by atoms with E-state index >= 15 is 0 Å². The summed E-state index contributed by atoms with van der Waals surface area (Å²) in [6.07, 6.45) is -0.359. The lowest BCUT2D eigenvalue weighted by Gasteiger charge is -2.34. The fourth-order valence-corrected chi connectivity index (χ4v) is 4.81. The van der Waals surface area contributed by atoms with Crippen LogP contribution in [0, 0.1) is 6.92 Å². The lowest BCUT2D eigenvalue weighted by atomic mass is 10.2. The summed E-state index contributed by atoms with van der Waals surface area (Å²) in [5, 5.41) is 0. The quantitative estimate of drug-likeness (QED) is 0.717. The molecule has 0 aromatic heterocycles. The van der Waals surface area contributed by atoms with Crippen molar-refractivity contribution in [2.45, 2.75) is 44.5 Å². The molecule has 28 heavy (non-hydrogen) atoms. The molecule has 2 unspecified atom stereocenters. The van der Waals surface area contributed by atoms with E-state index in [1.165, 1.54) is 16.4 Å². The van der Waals surface area contributed by atoms with Crippen LogP contribution in [-0.4, -0.2) is 44.0 Å². The van der Waals surface area contributed by atoms with Gasteiger partial charge in [0, 0.05) is 13.1 Å². The molecule has 1 heterocycles. The van der Waals surface area contributed by atoms with Crippen LogP contribution in [0.15, 0.2) is 53.4 Å². The van der Waals surface area contributed by atoms with Crippen LogP contribution in [-0.2, 0) is 26.1 Å². The van der Waals surface area contributed by atoms with Crippen molar-refractivity contribution in [2.75, 3.05) is 13.1 Å². The summed E-state index contributed by atoms with van der Waals surface area (Å²) in [5.74, 6) is -0.554. The van der Waals surface area contributed by atoms with E-state index in [2.05, 4.69) is 0 Å². The molecule has 0 aliphatic carbocycles. The van der Waals surface area contributed by atoms with Gasteiger partial charge in [0.05, 0.1) is 22.7 Å². The summed E-state index contributed by atoms with van der Waals surface area (Å²) in [7, 11) is -3.71. The van der Waals surface area contributed by atoms with Crippen molar-refractivity contribution in [2.24, 2.45) is 0 Å². The number of rotatable bonds is 5. The summed E-state index contributed by atoms with van der Waals surface area (Å²) >= 11 is 0. The van der Waals surface area contributed by atoms with Crippen LogP contribution < -0.4 is 0 Å². The van der Waals surface area contributed by atoms with Gasteiger partial charge >= 0.3 is 5.97 Å². The zero-order valence-corrected chi connectivity index (χ0v) is 17.1. The van der Waals surface area contributed by atoms with Crippen LogP contribution in [0.3, 0.4) is 0 Å². The average molecular weight is 404 g/mol. The molecular formula is C21H25NO5S. The number of morpholine rings is 1. The molecule has 2 aromatic carbocycles. The minimum Gasteiger partial charge on any atom is -0.457 e. The van der Waals surface area contributed by atoms with Crippen LogP contribution >= 0.6 is 0 Å². The third kappa shape index (κ3) is 4.79. The Morgan fingerprint density at radius 3 is 2.39 bits per heavy atom. The van der Waals surface area contributed by atoms with E-state index in [0.717, 1.165) is 11.1 Å². The van der Waals surface area contributed by atoms with Gasteiger partial charge in [0.1, 0.15) is 6.61 Å². The van der Waals surface area contributed by atoms with Gasteiger partial charge < -0.3 is 9.47 Å². The van der Waals surface area contributed by atoms with Gasteiger partial charge in [0.15, 0.2) is 0 Å². The number of sulfonamides is 1. The van der Waals surface area contributed by atoms with Crippen molar-refractivity contribution < 1.29 is 22.7 Å². The van der Waals surface area contributed by atoms with Crippen LogP contribution in [0.1, 0.15) is 35.3 Å². The number of carbonyl (C=O) groups excluding carboxylic acids is 1. The van der Waals surface area contributed by atoms with Crippen molar-refractivity contribution in [3.8, 4) is 0 Å². The maximum atomic E-state index is 13.0. The second-order valence-electron chi connectivity index (χ2n) is 7.17. The minimum atomic E-state index is -3.71. The summed E-state index contributed by atoms with van der Waals surface area (Å²) in [5.41, 5.74) is 2.21. The summed E-state index contributed by atoms with van der Waals surface area (Å²) in [6, 6.07) is 13.7. The Morgan fingerprint density at radius 1 is 1.11 bits per heavy atom. The van der Waals surface area contributed by atoms with E-state index in [4.69, 9.17) is 9.47 Å². The van der Waals surface area contributed by atoms with Gasteiger partial charge in [-0.1, -0.05) is 35.9 Å². The highest BCUT2D eigenvalue weighted by Crippen LogP contribution is 2.22. The molecule has 7 heteroatoms. The van der Waals surface area contributed by atoms with Gasteiger partial charge in [-0.2, -0.15) is 4.31 Å². The van der Waals surface area contributed by atoms with E-state index in [9.17, 15) is 13.2 Å². The van der Waals surface area contributed by atoms with Gasteiger partial charge in [-0.3, -0.25) is 0 Å². The van der Waals surface area contributed by atoms with Crippen LogP contribution in [0.25, 0.3) is 0 Å². The molecule has 1 saturated heterocycles. The number of nitrogens with zero attached hydrogens (tertiary/aromatic N) is 1. The standard InChI is InChI=1S/C21H25NO5S/c1-15-7-9-18(10-8-15)14-26-21(23)19-5-4-6-20(11-19)28(24,25)22-12-16(2)27-17(3)13-22/h4-11,16-17H,12-14H2,1-3H3. The zero-order chi connectivity index (χ0) is 20.3. The Balaban J connectivity index is 1.73. The number of hydrogen-bond acceptors (Lipinski definition) is 5. The van der Waals surface area contributed by atoms with Gasteiger partial charge in [0.25, 0.3) is 0 Å². The number of aryl methyl sites for hydroxylation is 1. The van der Waals surface area contributed by atoms with E-state index < -0.39 is 16.0 Å². The molecule has 6 nitrogen and oxygen atoms in total. The Hall–Kier alpha value is -2.22. The highest BCUT2D eigenvalue weighted by molar-refractivity contribution is 7.89. The SMILES string of the molecule is Cc1ccc(COC(=O)c2cccc(S(=O)(=O)N3CC(C)OC(C)C3)c2)cc1. The number of esters is 1. The van der Waals surface area contributed by atoms with Gasteiger partial charge in [0.2, 0.25) is 10.0 Å². The zero-order valence-electron chi connectivity index (χ0n) is 16.3. The lowest BCUT2D eigenvalue weighted by Crippen LogP contribution is -2.48. The Bertz CT molecular complexity index is 930. The first-order chi connectivity index (χ1) is 13.3. The Kier molecular flexibility index (Phi) is 6.17. The third-order valence-corrected chi connectivity index (χ3v) is 6.41. The summed E-state index contributed by atoms with van der Waals surface area (Å²) < 4.78 is 38.3. The fourth-order valence-electron chi connectivity index (χ4n) is 3.18. The Labute approximate surface area is 166 Å². The highest BCUT2D eigenvalue weighted by Gasteiger charge is 2.32. The molecule has 1 fully saturated rings. The first-order valence-electron chi connectivity index (χ1n) is 9.24. The second-order valence-corrected chi connectivity index (χ2v) is 9.11. The molecule has 0 N–H and O–H groups in total. The van der Waals surface area contributed by atoms with Crippen molar-refractivity contribution in [1.29, 1.82) is 0 Å². The highest BCUT2D eigenvalue weighted by atomic mass is 32.2. The molecule has 3 rings (SSSR count). The topological polar surface area (TPSA) is 72.9 Å². The molecular weight excluding hydrogens is 378 g/mol. The van der Waals surface area contributed by atoms with E-state index in [1.54, 1.807) is 12.1 Å². The van der Waals surface area contributed by atoms with Gasteiger partial charge in [-0.25, -0.2) is 13.2 Å². The predicted octanol–water partition coefficient (Wildman–Crippen LogP) is 3.15. The van der Waals surface area contributed by atoms with Crippen molar-refractivity contribution >= 4 is 16.0 Å². The first-order valence-corrected chi connectivity index (χ1v) is 10.7. The first kappa shape index (κ1) is 20.5. The maximum Gasteiger partial charge on any atom is 0.338 e. The summed E-state index contributed by atoms with van der Waals surface area (Å²) in [4.78, 5) is 12.5. The van der Waals surface area contributed by atoms with Gasteiger partial charge in [-0.15, -0.1) is 0 Å². The van der Waals surface area contributed by atoms with Crippen molar-refractivity contribution in [3.05, 3.63) is 65.2 Å².